The normalized spacial score (nSPS) is 10.1. The van der Waals surface area contributed by atoms with Crippen LogP contribution in [0, 0.1) is 13.8 Å². The van der Waals surface area contributed by atoms with Crippen LogP contribution < -0.4 is 11.5 Å². The van der Waals surface area contributed by atoms with E-state index >= 15 is 0 Å². The lowest BCUT2D eigenvalue weighted by Crippen LogP contribution is -2.22. The van der Waals surface area contributed by atoms with Crippen molar-refractivity contribution in [2.45, 2.75) is 33.1 Å². The molecule has 16 heavy (non-hydrogen) atoms. The molecule has 0 saturated heterocycles. The first-order chi connectivity index (χ1) is 7.59. The van der Waals surface area contributed by atoms with Crippen molar-refractivity contribution in [3.63, 3.8) is 0 Å². The fraction of sp³-hybridized carbons (Fsp3) is 0.462. The van der Waals surface area contributed by atoms with Crippen molar-refractivity contribution in [1.29, 1.82) is 0 Å². The Hall–Kier alpha value is -1.51. The highest BCUT2D eigenvalue weighted by Gasteiger charge is 1.98. The van der Waals surface area contributed by atoms with Crippen molar-refractivity contribution in [1.82, 2.24) is 0 Å². The average molecular weight is 219 g/mol. The van der Waals surface area contributed by atoms with Crippen LogP contribution in [0.2, 0.25) is 0 Å². The summed E-state index contributed by atoms with van der Waals surface area (Å²) in [6.45, 7) is 5.01. The van der Waals surface area contributed by atoms with E-state index < -0.39 is 0 Å². The minimum atomic E-state index is 0.187. The molecule has 0 aliphatic rings. The van der Waals surface area contributed by atoms with Gasteiger partial charge < -0.3 is 11.5 Å². The second-order valence-electron chi connectivity index (χ2n) is 4.19. The van der Waals surface area contributed by atoms with Gasteiger partial charge in [0.05, 0.1) is 0 Å². The molecule has 0 aliphatic heterocycles. The van der Waals surface area contributed by atoms with E-state index in [9.17, 15) is 0 Å². The van der Waals surface area contributed by atoms with Gasteiger partial charge in [0.2, 0.25) is 0 Å². The molecule has 0 fully saturated rings. The van der Waals surface area contributed by atoms with Crippen LogP contribution in [0.3, 0.4) is 0 Å². The number of nitrogens with zero attached hydrogens (tertiary/aromatic N) is 1. The van der Waals surface area contributed by atoms with Gasteiger partial charge in [-0.15, -0.1) is 0 Å². The van der Waals surface area contributed by atoms with Crippen LogP contribution in [0.4, 0.5) is 0 Å². The van der Waals surface area contributed by atoms with E-state index in [0.717, 1.165) is 25.8 Å². The summed E-state index contributed by atoms with van der Waals surface area (Å²) in [6.07, 6.45) is 3.26. The van der Waals surface area contributed by atoms with Crippen LogP contribution in [-0.4, -0.2) is 12.5 Å². The molecule has 3 heteroatoms. The minimum absolute atomic E-state index is 0.187. The Kier molecular flexibility index (Phi) is 4.83. The third-order valence-corrected chi connectivity index (χ3v) is 2.65. The van der Waals surface area contributed by atoms with Crippen molar-refractivity contribution in [2.24, 2.45) is 16.5 Å². The predicted octanol–water partition coefficient (Wildman–Crippen LogP) is 1.90. The largest absolute Gasteiger partial charge is 0.370 e. The summed E-state index contributed by atoms with van der Waals surface area (Å²) in [7, 11) is 0. The molecule has 4 N–H and O–H groups in total. The summed E-state index contributed by atoms with van der Waals surface area (Å²) in [4.78, 5) is 3.97. The first-order valence-corrected chi connectivity index (χ1v) is 5.71. The molecule has 1 aromatic carbocycles. The molecule has 1 rings (SSSR count). The third kappa shape index (κ3) is 4.34. The predicted molar refractivity (Wildman–Crippen MR) is 69.5 cm³/mol. The lowest BCUT2D eigenvalue weighted by atomic mass is 10.0. The maximum Gasteiger partial charge on any atom is 0.185 e. The molecule has 0 heterocycles. The number of nitrogens with two attached hydrogens (primary N) is 2. The summed E-state index contributed by atoms with van der Waals surface area (Å²) in [5, 5.41) is 0. The number of guanidine groups is 1. The van der Waals surface area contributed by atoms with Gasteiger partial charge in [0.25, 0.3) is 0 Å². The van der Waals surface area contributed by atoms with Gasteiger partial charge in [0.15, 0.2) is 5.96 Å². The molecule has 88 valence electrons. The fourth-order valence-electron chi connectivity index (χ4n) is 1.71. The van der Waals surface area contributed by atoms with Crippen molar-refractivity contribution in [3.05, 3.63) is 34.9 Å². The van der Waals surface area contributed by atoms with Crippen LogP contribution in [0.1, 0.15) is 29.5 Å². The monoisotopic (exact) mass is 219 g/mol. The van der Waals surface area contributed by atoms with Crippen molar-refractivity contribution in [2.75, 3.05) is 6.54 Å². The molecule has 1 aromatic rings. The van der Waals surface area contributed by atoms with Crippen LogP contribution in [0.15, 0.2) is 23.2 Å². The molecule has 0 bridgehead atoms. The van der Waals surface area contributed by atoms with Gasteiger partial charge in [-0.3, -0.25) is 4.99 Å². The van der Waals surface area contributed by atoms with Crippen molar-refractivity contribution >= 4 is 5.96 Å². The Morgan fingerprint density at radius 1 is 1.19 bits per heavy atom. The summed E-state index contributed by atoms with van der Waals surface area (Å²) < 4.78 is 0. The van der Waals surface area contributed by atoms with E-state index in [-0.39, 0.29) is 5.96 Å². The Balaban J connectivity index is 2.37. The molecule has 0 spiro atoms. The first kappa shape index (κ1) is 12.6. The number of unbranched alkanes of at least 4 members (excludes halogenated alkanes) is 1. The smallest absolute Gasteiger partial charge is 0.185 e. The van der Waals surface area contributed by atoms with E-state index in [4.69, 9.17) is 11.5 Å². The summed E-state index contributed by atoms with van der Waals surface area (Å²) >= 11 is 0. The molecule has 0 atom stereocenters. The zero-order valence-electron chi connectivity index (χ0n) is 10.2. The third-order valence-electron chi connectivity index (χ3n) is 2.65. The molecular formula is C13H21N3. The molecule has 0 unspecified atom stereocenters. The second-order valence-corrected chi connectivity index (χ2v) is 4.19. The number of aryl methyl sites for hydroxylation is 3. The topological polar surface area (TPSA) is 64.4 Å². The lowest BCUT2D eigenvalue weighted by Gasteiger charge is -2.06. The zero-order chi connectivity index (χ0) is 12.0. The van der Waals surface area contributed by atoms with E-state index in [2.05, 4.69) is 37.0 Å². The van der Waals surface area contributed by atoms with E-state index in [0.29, 0.717) is 0 Å². The van der Waals surface area contributed by atoms with Gasteiger partial charge in [0, 0.05) is 6.54 Å². The lowest BCUT2D eigenvalue weighted by molar-refractivity contribution is 0.742. The standard InChI is InChI=1S/C13H21N3/c1-10-6-7-11(2)12(9-10)5-3-4-8-16-13(14)15/h6-7,9H,3-5,8H2,1-2H3,(H4,14,15,16). The second kappa shape index (κ2) is 6.16. The molecule has 0 saturated carbocycles. The highest BCUT2D eigenvalue weighted by atomic mass is 15.0. The number of benzene rings is 1. The van der Waals surface area contributed by atoms with Crippen LogP contribution in [-0.2, 0) is 6.42 Å². The van der Waals surface area contributed by atoms with E-state index in [1.165, 1.54) is 16.7 Å². The van der Waals surface area contributed by atoms with E-state index in [1.807, 2.05) is 0 Å². The van der Waals surface area contributed by atoms with Gasteiger partial charge in [-0.1, -0.05) is 23.8 Å². The Bertz CT molecular complexity index is 365. The van der Waals surface area contributed by atoms with Crippen molar-refractivity contribution < 1.29 is 0 Å². The highest BCUT2D eigenvalue weighted by Crippen LogP contribution is 2.13. The van der Waals surface area contributed by atoms with Crippen LogP contribution >= 0.6 is 0 Å². The molecule has 3 nitrogen and oxygen atoms in total. The Labute approximate surface area is 97.6 Å². The Morgan fingerprint density at radius 3 is 2.62 bits per heavy atom. The SMILES string of the molecule is Cc1ccc(C)c(CCCCN=C(N)N)c1. The van der Waals surface area contributed by atoms with Gasteiger partial charge in [-0.25, -0.2) is 0 Å². The van der Waals surface area contributed by atoms with Gasteiger partial charge in [-0.05, 0) is 44.2 Å². The highest BCUT2D eigenvalue weighted by molar-refractivity contribution is 5.75. The van der Waals surface area contributed by atoms with Crippen LogP contribution in [0.25, 0.3) is 0 Å². The summed E-state index contributed by atoms with van der Waals surface area (Å²) in [5.41, 5.74) is 14.6. The maximum absolute atomic E-state index is 5.26. The molecule has 0 amide bonds. The molecule has 0 aliphatic carbocycles. The summed E-state index contributed by atoms with van der Waals surface area (Å²) in [6, 6.07) is 6.59. The fourth-order valence-corrected chi connectivity index (χ4v) is 1.71. The molecule has 0 aromatic heterocycles. The molecule has 0 radical (unpaired) electrons. The van der Waals surface area contributed by atoms with Gasteiger partial charge in [0.1, 0.15) is 0 Å². The number of hydrogen-bond donors (Lipinski definition) is 2. The zero-order valence-corrected chi connectivity index (χ0v) is 10.2. The van der Waals surface area contributed by atoms with Gasteiger partial charge >= 0.3 is 0 Å². The number of hydrogen-bond acceptors (Lipinski definition) is 1. The minimum Gasteiger partial charge on any atom is -0.370 e. The average Bonchev–Trinajstić information content (AvgIpc) is 2.22. The van der Waals surface area contributed by atoms with Crippen molar-refractivity contribution in [3.8, 4) is 0 Å². The Morgan fingerprint density at radius 2 is 1.94 bits per heavy atom. The van der Waals surface area contributed by atoms with Crippen LogP contribution in [0.5, 0.6) is 0 Å². The van der Waals surface area contributed by atoms with Gasteiger partial charge in [-0.2, -0.15) is 0 Å². The summed E-state index contributed by atoms with van der Waals surface area (Å²) in [5.74, 6) is 0.187. The maximum atomic E-state index is 5.26. The number of rotatable bonds is 5. The molecular weight excluding hydrogens is 198 g/mol. The first-order valence-electron chi connectivity index (χ1n) is 5.71. The van der Waals surface area contributed by atoms with E-state index in [1.54, 1.807) is 0 Å². The number of aliphatic imine (C=N–C) groups is 1. The quantitative estimate of drug-likeness (QED) is 0.451.